The summed E-state index contributed by atoms with van der Waals surface area (Å²) < 4.78 is 11.2. The van der Waals surface area contributed by atoms with E-state index in [-0.39, 0.29) is 17.6 Å². The molecule has 2 aliphatic rings. The molecule has 1 atom stereocenters. The zero-order chi connectivity index (χ0) is 18.5. The first-order valence-corrected chi connectivity index (χ1v) is 8.74. The van der Waals surface area contributed by atoms with Gasteiger partial charge in [-0.1, -0.05) is 12.1 Å². The lowest BCUT2D eigenvalue weighted by molar-refractivity contribution is 0.296. The minimum absolute atomic E-state index is 0.137. The first-order valence-electron chi connectivity index (χ1n) is 8.74. The van der Waals surface area contributed by atoms with Crippen LogP contribution in [0.15, 0.2) is 48.2 Å². The molecule has 0 bridgehead atoms. The molecule has 0 amide bonds. The van der Waals surface area contributed by atoms with Crippen LogP contribution in [-0.4, -0.2) is 40.7 Å². The Labute approximate surface area is 155 Å². The summed E-state index contributed by atoms with van der Waals surface area (Å²) in [5.74, 6) is 2.16. The van der Waals surface area contributed by atoms with E-state index in [1.807, 2.05) is 42.5 Å². The smallest absolute Gasteiger partial charge is 0.145 e. The molecule has 3 aromatic rings. The van der Waals surface area contributed by atoms with Crippen LogP contribution >= 0.6 is 0 Å². The van der Waals surface area contributed by atoms with Gasteiger partial charge in [0.2, 0.25) is 0 Å². The molecule has 27 heavy (non-hydrogen) atoms. The van der Waals surface area contributed by atoms with E-state index in [9.17, 15) is 5.11 Å². The zero-order valence-corrected chi connectivity index (χ0v) is 14.7. The predicted octanol–water partition coefficient (Wildman–Crippen LogP) is 3.49. The van der Waals surface area contributed by atoms with Crippen LogP contribution in [0.5, 0.6) is 11.5 Å². The molecule has 0 unspecified atom stereocenters. The van der Waals surface area contributed by atoms with Crippen molar-refractivity contribution in [2.24, 2.45) is 0 Å². The Morgan fingerprint density at radius 1 is 1.30 bits per heavy atom. The van der Waals surface area contributed by atoms with Crippen LogP contribution in [0.3, 0.4) is 0 Å². The number of aliphatic hydroxyl groups excluding tert-OH is 1. The van der Waals surface area contributed by atoms with Crippen molar-refractivity contribution in [1.29, 1.82) is 5.41 Å². The first-order chi connectivity index (χ1) is 13.2. The van der Waals surface area contributed by atoms with Crippen molar-refractivity contribution in [3.63, 3.8) is 0 Å². The van der Waals surface area contributed by atoms with Gasteiger partial charge < -0.3 is 24.5 Å². The van der Waals surface area contributed by atoms with Crippen LogP contribution in [0.4, 0.5) is 5.69 Å². The van der Waals surface area contributed by atoms with Gasteiger partial charge in [0.1, 0.15) is 28.9 Å². The van der Waals surface area contributed by atoms with Gasteiger partial charge in [0.05, 0.1) is 42.1 Å². The summed E-state index contributed by atoms with van der Waals surface area (Å²) in [6, 6.07) is 12.8. The summed E-state index contributed by atoms with van der Waals surface area (Å²) in [7, 11) is 1.60. The SMILES string of the molecule is COc1ccc2c(c1)N1C(=N)C(c3nc4ccccc4[nH]3)=C(O)[C@@H]1CCO2. The molecule has 0 saturated carbocycles. The average molecular weight is 362 g/mol. The van der Waals surface area contributed by atoms with E-state index in [1.165, 1.54) is 0 Å². The summed E-state index contributed by atoms with van der Waals surface area (Å²) in [5, 5.41) is 19.7. The minimum Gasteiger partial charge on any atom is -0.509 e. The number of para-hydroxylation sites is 2. The van der Waals surface area contributed by atoms with Crippen molar-refractivity contribution in [1.82, 2.24) is 9.97 Å². The number of amidine groups is 1. The highest BCUT2D eigenvalue weighted by molar-refractivity contribution is 6.31. The second-order valence-electron chi connectivity index (χ2n) is 6.57. The van der Waals surface area contributed by atoms with Crippen LogP contribution in [0.2, 0.25) is 0 Å². The van der Waals surface area contributed by atoms with E-state index >= 15 is 0 Å². The third-order valence-electron chi connectivity index (χ3n) is 5.06. The number of nitrogens with one attached hydrogen (secondary N) is 2. The molecule has 7 heteroatoms. The number of rotatable bonds is 2. The Balaban J connectivity index is 1.64. The Morgan fingerprint density at radius 2 is 2.15 bits per heavy atom. The lowest BCUT2D eigenvalue weighted by atomic mass is 10.1. The van der Waals surface area contributed by atoms with Gasteiger partial charge in [0, 0.05) is 12.5 Å². The Morgan fingerprint density at radius 3 is 2.96 bits per heavy atom. The third-order valence-corrected chi connectivity index (χ3v) is 5.06. The Bertz CT molecular complexity index is 1070. The van der Waals surface area contributed by atoms with E-state index in [0.717, 1.165) is 11.0 Å². The predicted molar refractivity (Wildman–Crippen MR) is 103 cm³/mol. The number of methoxy groups -OCH3 is 1. The van der Waals surface area contributed by atoms with Gasteiger partial charge in [0.15, 0.2) is 0 Å². The number of H-pyrrole nitrogens is 1. The summed E-state index contributed by atoms with van der Waals surface area (Å²) in [4.78, 5) is 9.58. The number of hydrogen-bond acceptors (Lipinski definition) is 5. The minimum atomic E-state index is -0.367. The number of aromatic nitrogens is 2. The van der Waals surface area contributed by atoms with E-state index in [4.69, 9.17) is 14.9 Å². The van der Waals surface area contributed by atoms with Gasteiger partial charge in [-0.25, -0.2) is 4.98 Å². The first kappa shape index (κ1) is 15.7. The highest BCUT2D eigenvalue weighted by Crippen LogP contribution is 2.43. The molecule has 2 aromatic carbocycles. The number of benzene rings is 2. The zero-order valence-electron chi connectivity index (χ0n) is 14.7. The topological polar surface area (TPSA) is 94.5 Å². The maximum absolute atomic E-state index is 11.0. The van der Waals surface area contributed by atoms with E-state index in [2.05, 4.69) is 9.97 Å². The van der Waals surface area contributed by atoms with Crippen molar-refractivity contribution in [2.75, 3.05) is 18.6 Å². The fourth-order valence-corrected chi connectivity index (χ4v) is 3.76. The molecule has 5 rings (SSSR count). The number of fused-ring (bicyclic) bond motifs is 4. The normalized spacial score (nSPS) is 18.9. The average Bonchev–Trinajstić information content (AvgIpc) is 3.13. The maximum atomic E-state index is 11.0. The number of hydrogen-bond donors (Lipinski definition) is 3. The van der Waals surface area contributed by atoms with Gasteiger partial charge in [-0.15, -0.1) is 0 Å². The van der Waals surface area contributed by atoms with Gasteiger partial charge in [0.25, 0.3) is 0 Å². The number of imidazole rings is 1. The monoisotopic (exact) mass is 362 g/mol. The number of nitrogens with zero attached hydrogens (tertiary/aromatic N) is 2. The Hall–Kier alpha value is -3.48. The number of aliphatic hydroxyl groups is 1. The van der Waals surface area contributed by atoms with Crippen LogP contribution in [-0.2, 0) is 0 Å². The molecule has 0 saturated heterocycles. The van der Waals surface area contributed by atoms with E-state index in [0.29, 0.717) is 41.6 Å². The van der Waals surface area contributed by atoms with E-state index in [1.54, 1.807) is 12.0 Å². The number of aromatic amines is 1. The van der Waals surface area contributed by atoms with Crippen LogP contribution in [0.1, 0.15) is 12.2 Å². The maximum Gasteiger partial charge on any atom is 0.145 e. The largest absolute Gasteiger partial charge is 0.509 e. The molecular weight excluding hydrogens is 344 g/mol. The molecule has 0 aliphatic carbocycles. The molecule has 7 nitrogen and oxygen atoms in total. The molecule has 0 spiro atoms. The van der Waals surface area contributed by atoms with E-state index < -0.39 is 0 Å². The third kappa shape index (κ3) is 2.28. The summed E-state index contributed by atoms with van der Waals surface area (Å²) in [5.41, 5.74) is 2.80. The number of anilines is 1. The lowest BCUT2D eigenvalue weighted by Crippen LogP contribution is -2.35. The van der Waals surface area contributed by atoms with Crippen molar-refractivity contribution >= 4 is 28.1 Å². The summed E-state index contributed by atoms with van der Waals surface area (Å²) >= 11 is 0. The second-order valence-corrected chi connectivity index (χ2v) is 6.57. The summed E-state index contributed by atoms with van der Waals surface area (Å²) in [6.07, 6.45) is 0.564. The Kier molecular flexibility index (Phi) is 3.36. The summed E-state index contributed by atoms with van der Waals surface area (Å²) in [6.45, 7) is 0.450. The van der Waals surface area contributed by atoms with Gasteiger partial charge in [-0.05, 0) is 24.3 Å². The molecule has 2 aliphatic heterocycles. The fourth-order valence-electron chi connectivity index (χ4n) is 3.76. The lowest BCUT2D eigenvalue weighted by Gasteiger charge is -2.25. The molecule has 0 radical (unpaired) electrons. The highest BCUT2D eigenvalue weighted by atomic mass is 16.5. The molecule has 1 aromatic heterocycles. The van der Waals surface area contributed by atoms with Crippen LogP contribution in [0, 0.1) is 5.41 Å². The second kappa shape index (κ2) is 5.77. The van der Waals surface area contributed by atoms with Crippen molar-refractivity contribution in [3.8, 4) is 11.5 Å². The van der Waals surface area contributed by atoms with Gasteiger partial charge in [-0.2, -0.15) is 0 Å². The van der Waals surface area contributed by atoms with Crippen LogP contribution in [0.25, 0.3) is 16.6 Å². The molecule has 3 heterocycles. The fraction of sp³-hybridized carbons (Fsp3) is 0.200. The quantitative estimate of drug-likeness (QED) is 0.649. The highest BCUT2D eigenvalue weighted by Gasteiger charge is 2.42. The molecule has 3 N–H and O–H groups in total. The van der Waals surface area contributed by atoms with Gasteiger partial charge >= 0.3 is 0 Å². The van der Waals surface area contributed by atoms with Crippen molar-refractivity contribution in [3.05, 3.63) is 54.0 Å². The number of ether oxygens (including phenoxy) is 2. The van der Waals surface area contributed by atoms with Crippen molar-refractivity contribution < 1.29 is 14.6 Å². The standard InChI is InChI=1S/C20H18N4O3/c1-26-11-6-7-16-15(10-11)24-14(8-9-27-16)18(25)17(19(24)21)20-22-12-4-2-3-5-13(12)23-20/h2-7,10,14,21,25H,8-9H2,1H3,(H,22,23)/t14-/m0/s1. The molecular formula is C20H18N4O3. The molecule has 0 fully saturated rings. The molecule has 136 valence electrons. The van der Waals surface area contributed by atoms with Crippen LogP contribution < -0.4 is 14.4 Å². The van der Waals surface area contributed by atoms with Gasteiger partial charge in [-0.3, -0.25) is 5.41 Å². The van der Waals surface area contributed by atoms with Crippen molar-refractivity contribution in [2.45, 2.75) is 12.5 Å².